The van der Waals surface area contributed by atoms with E-state index in [1.807, 2.05) is 42.6 Å². The zero-order valence-electron chi connectivity index (χ0n) is 16.5. The van der Waals surface area contributed by atoms with Gasteiger partial charge in [0.1, 0.15) is 13.2 Å². The molecule has 154 valence electrons. The van der Waals surface area contributed by atoms with Gasteiger partial charge in [0, 0.05) is 48.4 Å². The fourth-order valence-electron chi connectivity index (χ4n) is 4.14. The van der Waals surface area contributed by atoms with E-state index < -0.39 is 0 Å². The summed E-state index contributed by atoms with van der Waals surface area (Å²) in [6.45, 7) is 1.93. The van der Waals surface area contributed by atoms with Gasteiger partial charge in [0.25, 0.3) is 0 Å². The first-order valence-corrected chi connectivity index (χ1v) is 10.2. The molecular weight excluding hydrogens is 382 g/mol. The van der Waals surface area contributed by atoms with Crippen molar-refractivity contribution in [3.05, 3.63) is 54.2 Å². The lowest BCUT2D eigenvalue weighted by molar-refractivity contribution is -0.126. The Hall–Kier alpha value is -3.48. The van der Waals surface area contributed by atoms with Crippen LogP contribution in [0.3, 0.4) is 0 Å². The van der Waals surface area contributed by atoms with Crippen LogP contribution >= 0.6 is 0 Å². The van der Waals surface area contributed by atoms with Crippen molar-refractivity contribution in [1.82, 2.24) is 10.3 Å². The molecular formula is C23H23N3O4. The molecule has 0 radical (unpaired) electrons. The maximum absolute atomic E-state index is 12.7. The number of para-hydroxylation sites is 1. The molecule has 1 fully saturated rings. The summed E-state index contributed by atoms with van der Waals surface area (Å²) in [6.07, 6.45) is 2.94. The Balaban J connectivity index is 1.19. The largest absolute Gasteiger partial charge is 0.486 e. The van der Waals surface area contributed by atoms with Crippen LogP contribution in [0.2, 0.25) is 0 Å². The Labute approximate surface area is 174 Å². The zero-order chi connectivity index (χ0) is 20.5. The van der Waals surface area contributed by atoms with Crippen LogP contribution in [0.4, 0.5) is 5.69 Å². The predicted octanol–water partition coefficient (Wildman–Crippen LogP) is 2.65. The van der Waals surface area contributed by atoms with Gasteiger partial charge in [0.05, 0.1) is 5.92 Å². The van der Waals surface area contributed by atoms with Crippen molar-refractivity contribution < 1.29 is 19.1 Å². The third kappa shape index (κ3) is 3.47. The number of nitrogens with one attached hydrogen (secondary N) is 2. The molecule has 0 aliphatic carbocycles. The molecule has 2 N–H and O–H groups in total. The van der Waals surface area contributed by atoms with Crippen LogP contribution in [-0.4, -0.2) is 43.1 Å². The molecule has 2 aromatic carbocycles. The van der Waals surface area contributed by atoms with Crippen molar-refractivity contribution in [2.45, 2.75) is 12.8 Å². The summed E-state index contributed by atoms with van der Waals surface area (Å²) >= 11 is 0. The summed E-state index contributed by atoms with van der Waals surface area (Å²) < 4.78 is 11.1. The quantitative estimate of drug-likeness (QED) is 0.684. The average Bonchev–Trinajstić information content (AvgIpc) is 3.37. The Kier molecular flexibility index (Phi) is 4.78. The molecule has 2 aliphatic rings. The lowest BCUT2D eigenvalue weighted by atomic mass is 10.1. The fourth-order valence-corrected chi connectivity index (χ4v) is 4.14. The molecule has 1 unspecified atom stereocenters. The molecule has 0 bridgehead atoms. The number of aromatic nitrogens is 1. The zero-order valence-corrected chi connectivity index (χ0v) is 16.5. The van der Waals surface area contributed by atoms with Crippen LogP contribution in [0.1, 0.15) is 12.0 Å². The Bertz CT molecular complexity index is 1110. The number of benzene rings is 2. The normalized spacial score (nSPS) is 18.1. The number of amides is 2. The van der Waals surface area contributed by atoms with Crippen LogP contribution in [0.5, 0.6) is 11.5 Å². The minimum absolute atomic E-state index is 0.0524. The number of ether oxygens (including phenoxy) is 2. The second-order valence-electron chi connectivity index (χ2n) is 7.63. The van der Waals surface area contributed by atoms with Crippen LogP contribution in [0.15, 0.2) is 48.7 Å². The van der Waals surface area contributed by atoms with Gasteiger partial charge in [-0.15, -0.1) is 0 Å². The van der Waals surface area contributed by atoms with Crippen molar-refractivity contribution in [2.24, 2.45) is 5.92 Å². The molecule has 30 heavy (non-hydrogen) atoms. The van der Waals surface area contributed by atoms with Crippen molar-refractivity contribution in [3.8, 4) is 11.5 Å². The number of hydrogen-bond acceptors (Lipinski definition) is 4. The molecule has 2 amide bonds. The van der Waals surface area contributed by atoms with Crippen molar-refractivity contribution in [2.75, 3.05) is 31.2 Å². The van der Waals surface area contributed by atoms with E-state index in [1.54, 1.807) is 4.90 Å². The highest BCUT2D eigenvalue weighted by Gasteiger charge is 2.35. The summed E-state index contributed by atoms with van der Waals surface area (Å²) in [5.74, 6) is 0.835. The molecule has 7 nitrogen and oxygen atoms in total. The summed E-state index contributed by atoms with van der Waals surface area (Å²) in [5, 5.41) is 4.17. The van der Waals surface area contributed by atoms with E-state index in [0.29, 0.717) is 37.8 Å². The molecule has 0 spiro atoms. The van der Waals surface area contributed by atoms with Crippen LogP contribution in [-0.2, 0) is 16.0 Å². The number of fused-ring (bicyclic) bond motifs is 2. The number of anilines is 1. The Morgan fingerprint density at radius 1 is 1.13 bits per heavy atom. The van der Waals surface area contributed by atoms with Gasteiger partial charge in [-0.05, 0) is 30.2 Å². The highest BCUT2D eigenvalue weighted by atomic mass is 16.6. The third-order valence-electron chi connectivity index (χ3n) is 5.70. The van der Waals surface area contributed by atoms with Gasteiger partial charge in [-0.3, -0.25) is 9.59 Å². The molecule has 0 saturated carbocycles. The number of hydrogen-bond donors (Lipinski definition) is 2. The summed E-state index contributed by atoms with van der Waals surface area (Å²) in [5.41, 5.74) is 3.00. The molecule has 1 aromatic heterocycles. The third-order valence-corrected chi connectivity index (χ3v) is 5.70. The number of nitrogens with zero attached hydrogens (tertiary/aromatic N) is 1. The fraction of sp³-hybridized carbons (Fsp3) is 0.304. The first kappa shape index (κ1) is 18.5. The lowest BCUT2D eigenvalue weighted by Crippen LogP contribution is -2.34. The molecule has 7 heteroatoms. The Morgan fingerprint density at radius 2 is 1.97 bits per heavy atom. The smallest absolute Gasteiger partial charge is 0.227 e. The molecule has 5 rings (SSSR count). The van der Waals surface area contributed by atoms with E-state index in [0.717, 1.165) is 17.6 Å². The van der Waals surface area contributed by atoms with Crippen LogP contribution in [0, 0.1) is 5.92 Å². The second-order valence-corrected chi connectivity index (χ2v) is 7.63. The van der Waals surface area contributed by atoms with E-state index in [-0.39, 0.29) is 24.2 Å². The van der Waals surface area contributed by atoms with Gasteiger partial charge in [-0.1, -0.05) is 18.2 Å². The van der Waals surface area contributed by atoms with Crippen molar-refractivity contribution in [1.29, 1.82) is 0 Å². The van der Waals surface area contributed by atoms with E-state index in [9.17, 15) is 9.59 Å². The van der Waals surface area contributed by atoms with Gasteiger partial charge in [-0.2, -0.15) is 0 Å². The number of aromatic amines is 1. The molecule has 3 aromatic rings. The van der Waals surface area contributed by atoms with Crippen molar-refractivity contribution in [3.63, 3.8) is 0 Å². The Morgan fingerprint density at radius 3 is 2.87 bits per heavy atom. The number of carbonyl (C=O) groups excluding carboxylic acids is 2. The van der Waals surface area contributed by atoms with E-state index >= 15 is 0 Å². The molecule has 2 aliphatic heterocycles. The molecule has 3 heterocycles. The van der Waals surface area contributed by atoms with Gasteiger partial charge in [0.2, 0.25) is 11.8 Å². The predicted molar refractivity (Wildman–Crippen MR) is 113 cm³/mol. The monoisotopic (exact) mass is 405 g/mol. The average molecular weight is 405 g/mol. The summed E-state index contributed by atoms with van der Waals surface area (Å²) in [7, 11) is 0. The number of carbonyl (C=O) groups is 2. The van der Waals surface area contributed by atoms with E-state index in [1.165, 1.54) is 10.9 Å². The van der Waals surface area contributed by atoms with Gasteiger partial charge in [-0.25, -0.2) is 0 Å². The molecule has 1 saturated heterocycles. The summed E-state index contributed by atoms with van der Waals surface area (Å²) in [4.78, 5) is 30.1. The SMILES string of the molecule is O=C(NCCc1c[nH]c2ccccc12)C1CC(=O)N(c2ccc3c(c2)OCCO3)C1. The van der Waals surface area contributed by atoms with Gasteiger partial charge >= 0.3 is 0 Å². The standard InChI is InChI=1S/C23H23N3O4/c27-22-11-16(14-26(22)17-5-6-20-21(12-17)30-10-9-29-20)23(28)24-8-7-15-13-25-19-4-2-1-3-18(15)19/h1-6,12-13,16,25H,7-11,14H2,(H,24,28). The van der Waals surface area contributed by atoms with Crippen LogP contribution < -0.4 is 19.7 Å². The van der Waals surface area contributed by atoms with E-state index in [2.05, 4.69) is 16.4 Å². The van der Waals surface area contributed by atoms with Gasteiger partial charge in [0.15, 0.2) is 11.5 Å². The van der Waals surface area contributed by atoms with Crippen molar-refractivity contribution >= 4 is 28.4 Å². The lowest BCUT2D eigenvalue weighted by Gasteiger charge is -2.22. The first-order valence-electron chi connectivity index (χ1n) is 10.2. The maximum atomic E-state index is 12.7. The first-order chi connectivity index (χ1) is 14.7. The van der Waals surface area contributed by atoms with Gasteiger partial charge < -0.3 is 24.7 Å². The number of H-pyrrole nitrogens is 1. The summed E-state index contributed by atoms with van der Waals surface area (Å²) in [6, 6.07) is 13.6. The topological polar surface area (TPSA) is 83.7 Å². The minimum atomic E-state index is -0.353. The maximum Gasteiger partial charge on any atom is 0.227 e. The van der Waals surface area contributed by atoms with Crippen LogP contribution in [0.25, 0.3) is 10.9 Å². The minimum Gasteiger partial charge on any atom is -0.486 e. The number of rotatable bonds is 5. The molecule has 1 atom stereocenters. The second kappa shape index (κ2) is 7.74. The highest BCUT2D eigenvalue weighted by molar-refractivity contribution is 6.00. The highest BCUT2D eigenvalue weighted by Crippen LogP contribution is 2.36. The van der Waals surface area contributed by atoms with E-state index in [4.69, 9.17) is 9.47 Å².